The van der Waals surface area contributed by atoms with Crippen LogP contribution in [0.4, 0.5) is 0 Å². The van der Waals surface area contributed by atoms with E-state index in [1.54, 1.807) is 0 Å². The maximum absolute atomic E-state index is 11.5. The zero-order valence-electron chi connectivity index (χ0n) is 10.1. The Morgan fingerprint density at radius 1 is 1.35 bits per heavy atom. The number of hydrogen-bond acceptors (Lipinski definition) is 4. The van der Waals surface area contributed by atoms with E-state index < -0.39 is 21.2 Å². The predicted octanol–water partition coefficient (Wildman–Crippen LogP) is -0.135. The molecule has 1 unspecified atom stereocenters. The van der Waals surface area contributed by atoms with Crippen LogP contribution in [0.15, 0.2) is 0 Å². The quantitative estimate of drug-likeness (QED) is 0.697. The second-order valence-electron chi connectivity index (χ2n) is 4.32. The summed E-state index contributed by atoms with van der Waals surface area (Å²) in [7, 11) is -3.74. The van der Waals surface area contributed by atoms with Gasteiger partial charge in [0.2, 0.25) is 10.0 Å². The first-order valence-electron chi connectivity index (χ1n) is 5.87. The molecule has 0 aromatic heterocycles. The Morgan fingerprint density at radius 2 is 1.94 bits per heavy atom. The first-order valence-corrected chi connectivity index (χ1v) is 7.42. The zero-order valence-corrected chi connectivity index (χ0v) is 10.9. The molecule has 0 spiro atoms. The monoisotopic (exact) mass is 264 g/mol. The number of hydrogen-bond donors (Lipinski definition) is 2. The number of sulfonamides is 1. The zero-order chi connectivity index (χ0) is 12.9. The van der Waals surface area contributed by atoms with Crippen LogP contribution in [0.25, 0.3) is 0 Å². The van der Waals surface area contributed by atoms with Crippen LogP contribution in [0.5, 0.6) is 0 Å². The van der Waals surface area contributed by atoms with Gasteiger partial charge in [0.15, 0.2) is 5.25 Å². The van der Waals surface area contributed by atoms with E-state index in [0.29, 0.717) is 6.54 Å². The summed E-state index contributed by atoms with van der Waals surface area (Å²) in [5.41, 5.74) is 0. The van der Waals surface area contributed by atoms with Gasteiger partial charge in [-0.3, -0.25) is 4.79 Å². The van der Waals surface area contributed by atoms with E-state index in [0.717, 1.165) is 25.9 Å². The van der Waals surface area contributed by atoms with E-state index in [-0.39, 0.29) is 6.54 Å². The number of nitrogens with one attached hydrogen (secondary N) is 1. The SMILES string of the molecule is CC(C(=O)O)S(=O)(=O)NCCN1CCCCC1. The fraction of sp³-hybridized carbons (Fsp3) is 0.900. The Labute approximate surface area is 102 Å². The molecule has 2 N–H and O–H groups in total. The minimum absolute atomic E-state index is 0.278. The van der Waals surface area contributed by atoms with Crippen LogP contribution < -0.4 is 4.72 Å². The molecule has 0 amide bonds. The van der Waals surface area contributed by atoms with Gasteiger partial charge in [0, 0.05) is 13.1 Å². The molecule has 1 heterocycles. The van der Waals surface area contributed by atoms with Crippen molar-refractivity contribution in [2.45, 2.75) is 31.4 Å². The standard InChI is InChI=1S/C10H20N2O4S/c1-9(10(13)14)17(15,16)11-5-8-12-6-3-2-4-7-12/h9,11H,2-8H2,1H3,(H,13,14). The van der Waals surface area contributed by atoms with Gasteiger partial charge in [0.05, 0.1) is 0 Å². The van der Waals surface area contributed by atoms with Crippen molar-refractivity contribution in [3.8, 4) is 0 Å². The molecule has 0 radical (unpaired) electrons. The van der Waals surface area contributed by atoms with Gasteiger partial charge >= 0.3 is 5.97 Å². The summed E-state index contributed by atoms with van der Waals surface area (Å²) in [5, 5.41) is 7.24. The summed E-state index contributed by atoms with van der Waals surface area (Å²) in [6, 6.07) is 0. The van der Waals surface area contributed by atoms with Gasteiger partial charge < -0.3 is 10.0 Å². The number of likely N-dealkylation sites (tertiary alicyclic amines) is 1. The van der Waals surface area contributed by atoms with Gasteiger partial charge in [-0.1, -0.05) is 6.42 Å². The first-order chi connectivity index (χ1) is 7.93. The number of carboxylic acids is 1. The Bertz CT molecular complexity index is 349. The Balaban J connectivity index is 2.32. The van der Waals surface area contributed by atoms with Gasteiger partial charge in [0.25, 0.3) is 0 Å². The molecule has 1 aliphatic rings. The third kappa shape index (κ3) is 4.61. The molecule has 0 saturated carbocycles. The molecule has 0 aliphatic carbocycles. The molecule has 7 heteroatoms. The number of piperidine rings is 1. The molecule has 6 nitrogen and oxygen atoms in total. The molecule has 0 aromatic rings. The molecule has 1 aliphatic heterocycles. The fourth-order valence-corrected chi connectivity index (χ4v) is 2.68. The van der Waals surface area contributed by atoms with Crippen LogP contribution in [0.3, 0.4) is 0 Å². The van der Waals surface area contributed by atoms with Crippen LogP contribution in [0.1, 0.15) is 26.2 Å². The van der Waals surface area contributed by atoms with E-state index >= 15 is 0 Å². The highest BCUT2D eigenvalue weighted by Crippen LogP contribution is 2.07. The van der Waals surface area contributed by atoms with Crippen LogP contribution >= 0.6 is 0 Å². The lowest BCUT2D eigenvalue weighted by Crippen LogP contribution is -2.42. The third-order valence-corrected chi connectivity index (χ3v) is 4.73. The molecule has 1 rings (SSSR count). The second-order valence-corrected chi connectivity index (χ2v) is 6.41. The van der Waals surface area contributed by atoms with Gasteiger partial charge in [-0.05, 0) is 32.9 Å². The van der Waals surface area contributed by atoms with Crippen LogP contribution in [0, 0.1) is 0 Å². The maximum atomic E-state index is 11.5. The Hall–Kier alpha value is -0.660. The van der Waals surface area contributed by atoms with Crippen molar-refractivity contribution in [2.75, 3.05) is 26.2 Å². The molecule has 1 atom stereocenters. The average molecular weight is 264 g/mol. The summed E-state index contributed by atoms with van der Waals surface area (Å²) in [5.74, 6) is -1.32. The van der Waals surface area contributed by atoms with Crippen molar-refractivity contribution >= 4 is 16.0 Å². The smallest absolute Gasteiger partial charge is 0.323 e. The van der Waals surface area contributed by atoms with Gasteiger partial charge in [-0.15, -0.1) is 0 Å². The normalized spacial score (nSPS) is 20.1. The van der Waals surface area contributed by atoms with Gasteiger partial charge in [-0.25, -0.2) is 13.1 Å². The van der Waals surface area contributed by atoms with Crippen molar-refractivity contribution in [3.05, 3.63) is 0 Å². The molecule has 1 saturated heterocycles. The lowest BCUT2D eigenvalue weighted by Gasteiger charge is -2.26. The molecule has 17 heavy (non-hydrogen) atoms. The predicted molar refractivity (Wildman–Crippen MR) is 64.3 cm³/mol. The largest absolute Gasteiger partial charge is 0.480 e. The molecule has 0 bridgehead atoms. The van der Waals surface area contributed by atoms with E-state index in [9.17, 15) is 13.2 Å². The number of aliphatic carboxylic acids is 1. The highest BCUT2D eigenvalue weighted by atomic mass is 32.2. The second kappa shape index (κ2) is 6.32. The molecule has 1 fully saturated rings. The highest BCUT2D eigenvalue weighted by Gasteiger charge is 2.27. The van der Waals surface area contributed by atoms with Crippen LogP contribution in [-0.4, -0.2) is 55.8 Å². The summed E-state index contributed by atoms with van der Waals surface area (Å²) in [6.07, 6.45) is 3.54. The van der Waals surface area contributed by atoms with Crippen molar-refractivity contribution in [3.63, 3.8) is 0 Å². The summed E-state index contributed by atoms with van der Waals surface area (Å²) >= 11 is 0. The van der Waals surface area contributed by atoms with Crippen molar-refractivity contribution in [1.82, 2.24) is 9.62 Å². The Morgan fingerprint density at radius 3 is 2.47 bits per heavy atom. The topological polar surface area (TPSA) is 86.7 Å². The lowest BCUT2D eigenvalue weighted by atomic mass is 10.1. The number of carboxylic acid groups (broad SMARTS) is 1. The molecular weight excluding hydrogens is 244 g/mol. The van der Waals surface area contributed by atoms with Crippen molar-refractivity contribution < 1.29 is 18.3 Å². The van der Waals surface area contributed by atoms with Crippen molar-refractivity contribution in [1.29, 1.82) is 0 Å². The molecule has 0 aromatic carbocycles. The highest BCUT2D eigenvalue weighted by molar-refractivity contribution is 7.90. The van der Waals surface area contributed by atoms with Crippen molar-refractivity contribution in [2.24, 2.45) is 0 Å². The minimum Gasteiger partial charge on any atom is -0.480 e. The van der Waals surface area contributed by atoms with E-state index in [1.165, 1.54) is 13.3 Å². The van der Waals surface area contributed by atoms with Crippen LogP contribution in [-0.2, 0) is 14.8 Å². The first kappa shape index (κ1) is 14.4. The van der Waals surface area contributed by atoms with Gasteiger partial charge in [0.1, 0.15) is 0 Å². The summed E-state index contributed by atoms with van der Waals surface area (Å²) < 4.78 is 25.3. The number of nitrogens with zero attached hydrogens (tertiary/aromatic N) is 1. The Kier molecular flexibility index (Phi) is 5.35. The number of rotatable bonds is 6. The van der Waals surface area contributed by atoms with Crippen LogP contribution in [0.2, 0.25) is 0 Å². The summed E-state index contributed by atoms with van der Waals surface area (Å²) in [6.45, 7) is 4.09. The van der Waals surface area contributed by atoms with Gasteiger partial charge in [-0.2, -0.15) is 0 Å². The molecule has 100 valence electrons. The summed E-state index contributed by atoms with van der Waals surface area (Å²) in [4.78, 5) is 12.8. The fourth-order valence-electron chi connectivity index (χ4n) is 1.79. The lowest BCUT2D eigenvalue weighted by molar-refractivity contribution is -0.136. The van der Waals surface area contributed by atoms with E-state index in [2.05, 4.69) is 9.62 Å². The third-order valence-electron chi connectivity index (χ3n) is 2.99. The van der Waals surface area contributed by atoms with E-state index in [1.807, 2.05) is 0 Å². The maximum Gasteiger partial charge on any atom is 0.323 e. The minimum atomic E-state index is -3.74. The number of carbonyl (C=O) groups is 1. The molecular formula is C10H20N2O4S. The average Bonchev–Trinajstić information content (AvgIpc) is 2.29. The van der Waals surface area contributed by atoms with E-state index in [4.69, 9.17) is 5.11 Å².